The number of allylic oxidation sites excluding steroid dienone is 1. The molecular weight excluding hydrogens is 578 g/mol. The number of thioether (sulfide) groups is 1. The van der Waals surface area contributed by atoms with Crippen molar-refractivity contribution in [2.45, 2.75) is 131 Å². The summed E-state index contributed by atoms with van der Waals surface area (Å²) >= 11 is 1.91. The maximum atomic E-state index is 13.1. The van der Waals surface area contributed by atoms with Gasteiger partial charge in [0.15, 0.2) is 0 Å². The number of carbonyl (C=O) groups is 2. The lowest BCUT2D eigenvalue weighted by molar-refractivity contribution is -0.250. The van der Waals surface area contributed by atoms with Gasteiger partial charge in [-0.2, -0.15) is 11.8 Å². The molecular formula is C39H63NO4S. The Kier molecular flexibility index (Phi) is 9.14. The van der Waals surface area contributed by atoms with E-state index in [0.29, 0.717) is 55.5 Å². The molecule has 0 bridgehead atoms. The van der Waals surface area contributed by atoms with Crippen molar-refractivity contribution in [3.63, 3.8) is 0 Å². The van der Waals surface area contributed by atoms with Crippen LogP contribution in [-0.2, 0) is 14.3 Å². The van der Waals surface area contributed by atoms with Gasteiger partial charge >= 0.3 is 5.97 Å². The van der Waals surface area contributed by atoms with Crippen molar-refractivity contribution >= 4 is 23.6 Å². The summed E-state index contributed by atoms with van der Waals surface area (Å²) in [5.41, 5.74) is 2.17. The second-order valence-corrected chi connectivity index (χ2v) is 19.2. The van der Waals surface area contributed by atoms with E-state index in [9.17, 15) is 14.7 Å². The lowest BCUT2D eigenvalue weighted by atomic mass is 9.32. The summed E-state index contributed by atoms with van der Waals surface area (Å²) in [6.07, 6.45) is 13.0. The largest absolute Gasteiger partial charge is 0.465 e. The van der Waals surface area contributed by atoms with Crippen LogP contribution < -0.4 is 0 Å². The number of amides is 1. The smallest absolute Gasteiger partial charge is 0.305 e. The number of nitrogens with zero attached hydrogens (tertiary/aromatic N) is 1. The maximum Gasteiger partial charge on any atom is 0.305 e. The van der Waals surface area contributed by atoms with Crippen LogP contribution in [0.15, 0.2) is 12.2 Å². The summed E-state index contributed by atoms with van der Waals surface area (Å²) in [4.78, 5) is 27.7. The predicted molar refractivity (Wildman–Crippen MR) is 184 cm³/mol. The van der Waals surface area contributed by atoms with Crippen molar-refractivity contribution in [2.24, 2.45) is 56.7 Å². The molecule has 1 saturated heterocycles. The Labute approximate surface area is 278 Å². The molecule has 1 heterocycles. The minimum absolute atomic E-state index is 0.0197. The topological polar surface area (TPSA) is 66.8 Å². The van der Waals surface area contributed by atoms with Crippen LogP contribution in [0.25, 0.3) is 0 Å². The molecule has 6 heteroatoms. The van der Waals surface area contributed by atoms with Crippen molar-refractivity contribution in [1.29, 1.82) is 0 Å². The van der Waals surface area contributed by atoms with E-state index in [0.717, 1.165) is 50.3 Å². The van der Waals surface area contributed by atoms with Crippen LogP contribution >= 0.6 is 11.8 Å². The first-order chi connectivity index (χ1) is 21.2. The third-order valence-corrected chi connectivity index (χ3v) is 16.8. The molecule has 0 spiro atoms. The van der Waals surface area contributed by atoms with Gasteiger partial charge in [-0.15, -0.1) is 0 Å². The summed E-state index contributed by atoms with van der Waals surface area (Å²) in [6.45, 7) is 21.6. The number of esters is 1. The summed E-state index contributed by atoms with van der Waals surface area (Å²) in [7, 11) is 0. The van der Waals surface area contributed by atoms with Gasteiger partial charge in [-0.1, -0.05) is 46.8 Å². The van der Waals surface area contributed by atoms with Crippen molar-refractivity contribution < 1.29 is 19.4 Å². The zero-order chi connectivity index (χ0) is 32.4. The van der Waals surface area contributed by atoms with Crippen LogP contribution in [0.5, 0.6) is 0 Å². The quantitative estimate of drug-likeness (QED) is 0.224. The number of rotatable bonds is 7. The first-order valence-corrected chi connectivity index (χ1v) is 19.7. The predicted octanol–water partition coefficient (Wildman–Crippen LogP) is 8.29. The molecule has 5 saturated carbocycles. The molecule has 10 atom stereocenters. The first-order valence-electron chi connectivity index (χ1n) is 18.5. The molecule has 1 amide bonds. The van der Waals surface area contributed by atoms with E-state index in [-0.39, 0.29) is 45.1 Å². The Morgan fingerprint density at radius 2 is 1.60 bits per heavy atom. The molecule has 0 aromatic carbocycles. The van der Waals surface area contributed by atoms with Gasteiger partial charge in [0.05, 0.1) is 12.7 Å². The van der Waals surface area contributed by atoms with E-state index < -0.39 is 0 Å². The number of hydrogen-bond donors (Lipinski definition) is 1. The lowest BCUT2D eigenvalue weighted by Gasteiger charge is -2.73. The van der Waals surface area contributed by atoms with Crippen LogP contribution in [0.2, 0.25) is 0 Å². The van der Waals surface area contributed by atoms with E-state index in [2.05, 4.69) is 48.1 Å². The molecule has 1 aliphatic heterocycles. The number of hydrogen-bond acceptors (Lipinski definition) is 5. The fourth-order valence-corrected chi connectivity index (χ4v) is 14.1. The van der Waals surface area contributed by atoms with Crippen molar-refractivity contribution in [1.82, 2.24) is 4.90 Å². The number of fused-ring (bicyclic) bond motifs is 7. The Morgan fingerprint density at radius 1 is 0.867 bits per heavy atom. The van der Waals surface area contributed by atoms with Crippen LogP contribution in [0, 0.1) is 56.7 Å². The van der Waals surface area contributed by atoms with Crippen LogP contribution in [0.3, 0.4) is 0 Å². The number of ether oxygens (including phenoxy) is 1. The Hall–Kier alpha value is -1.01. The SMILES string of the molecule is C=C(C)[C@@H]1CC[C@]2(COC(=O)CCCC(=O)N3CCSCC3)CC[C@]3(C)[C@H](CC[C@@H]4[C@@]5(C)CC[C@H](O)C(C)(C)[C@@H]5CC[C@]43C)[C@@H]12. The fraction of sp³-hybridized carbons (Fsp3) is 0.897. The maximum absolute atomic E-state index is 13.1. The lowest BCUT2D eigenvalue weighted by Crippen LogP contribution is -2.66. The molecule has 5 nitrogen and oxygen atoms in total. The highest BCUT2D eigenvalue weighted by Crippen LogP contribution is 2.77. The Morgan fingerprint density at radius 3 is 2.31 bits per heavy atom. The molecule has 0 unspecified atom stereocenters. The molecule has 6 fully saturated rings. The van der Waals surface area contributed by atoms with E-state index >= 15 is 0 Å². The minimum Gasteiger partial charge on any atom is -0.465 e. The minimum atomic E-state index is -0.186. The van der Waals surface area contributed by atoms with Crippen molar-refractivity contribution in [2.75, 3.05) is 31.2 Å². The molecule has 1 N–H and O–H groups in total. The standard InChI is InChI=1S/C39H63NO4S/c1-26(2)27-13-18-39(25-44-33(43)10-8-9-32(42)40-21-23-45-24-22-40)20-19-37(6)28(34(27)39)11-12-30-36(5)16-15-31(41)35(3,4)29(36)14-17-38(30,37)7/h27-31,34,41H,1,8-25H2,2-7H3/t27-,28+,29-,30+,31-,34+,36-,37+,38+,39+/m0/s1. The van der Waals surface area contributed by atoms with Gasteiger partial charge in [-0.3, -0.25) is 9.59 Å². The highest BCUT2D eigenvalue weighted by molar-refractivity contribution is 7.99. The van der Waals surface area contributed by atoms with E-state index in [1.54, 1.807) is 0 Å². The Bertz CT molecular complexity index is 1160. The van der Waals surface area contributed by atoms with Gasteiger partial charge in [-0.05, 0) is 129 Å². The average Bonchev–Trinajstić information content (AvgIpc) is 3.39. The molecule has 0 aromatic rings. The van der Waals surface area contributed by atoms with Gasteiger partial charge < -0.3 is 14.7 Å². The fourth-order valence-electron chi connectivity index (χ4n) is 13.2. The van der Waals surface area contributed by atoms with Gasteiger partial charge in [0, 0.05) is 42.9 Å². The van der Waals surface area contributed by atoms with Gasteiger partial charge in [0.2, 0.25) is 5.91 Å². The second-order valence-electron chi connectivity index (χ2n) is 17.9. The Balaban J connectivity index is 1.17. The summed E-state index contributed by atoms with van der Waals surface area (Å²) in [6, 6.07) is 0. The van der Waals surface area contributed by atoms with Gasteiger partial charge in [0.1, 0.15) is 0 Å². The zero-order valence-corrected chi connectivity index (χ0v) is 30.2. The van der Waals surface area contributed by atoms with E-state index in [1.165, 1.54) is 44.1 Å². The van der Waals surface area contributed by atoms with Crippen molar-refractivity contribution in [3.8, 4) is 0 Å². The molecule has 0 aromatic heterocycles. The highest BCUT2D eigenvalue weighted by atomic mass is 32.2. The molecule has 6 rings (SSSR count). The summed E-state index contributed by atoms with van der Waals surface area (Å²) < 4.78 is 6.19. The zero-order valence-electron chi connectivity index (χ0n) is 29.4. The molecule has 0 radical (unpaired) electrons. The number of aliphatic hydroxyl groups is 1. The average molecular weight is 642 g/mol. The summed E-state index contributed by atoms with van der Waals surface area (Å²) in [5.74, 6) is 5.02. The second kappa shape index (κ2) is 12.1. The molecule has 45 heavy (non-hydrogen) atoms. The van der Waals surface area contributed by atoms with E-state index in [4.69, 9.17) is 4.74 Å². The normalized spacial score (nSPS) is 45.4. The third kappa shape index (κ3) is 5.37. The third-order valence-electron chi connectivity index (χ3n) is 15.9. The van der Waals surface area contributed by atoms with Crippen LogP contribution in [0.4, 0.5) is 0 Å². The molecule has 5 aliphatic carbocycles. The monoisotopic (exact) mass is 641 g/mol. The first kappa shape index (κ1) is 33.9. The van der Waals surface area contributed by atoms with Crippen LogP contribution in [0.1, 0.15) is 125 Å². The van der Waals surface area contributed by atoms with E-state index in [1.807, 2.05) is 16.7 Å². The van der Waals surface area contributed by atoms with Crippen molar-refractivity contribution in [3.05, 3.63) is 12.2 Å². The van der Waals surface area contributed by atoms with Gasteiger partial charge in [0.25, 0.3) is 0 Å². The van der Waals surface area contributed by atoms with Crippen LogP contribution in [-0.4, -0.2) is 59.2 Å². The molecule has 6 aliphatic rings. The number of carbonyl (C=O) groups excluding carboxylic acids is 2. The van der Waals surface area contributed by atoms with Gasteiger partial charge in [-0.25, -0.2) is 0 Å². The highest BCUT2D eigenvalue weighted by Gasteiger charge is 2.71. The molecule has 254 valence electrons. The summed E-state index contributed by atoms with van der Waals surface area (Å²) in [5, 5.41) is 11.1. The number of aliphatic hydroxyl groups excluding tert-OH is 1.